The number of methoxy groups -OCH3 is 1. The van der Waals surface area contributed by atoms with E-state index in [1.165, 1.54) is 17.8 Å². The van der Waals surface area contributed by atoms with Gasteiger partial charge in [-0.25, -0.2) is 8.78 Å². The minimum atomic E-state index is -0.854. The van der Waals surface area contributed by atoms with Crippen molar-refractivity contribution in [3.05, 3.63) is 89.5 Å². The molecule has 0 saturated carbocycles. The van der Waals surface area contributed by atoms with Gasteiger partial charge < -0.3 is 4.74 Å². The summed E-state index contributed by atoms with van der Waals surface area (Å²) in [6.45, 7) is 2.02. The van der Waals surface area contributed by atoms with Crippen molar-refractivity contribution in [2.24, 2.45) is 0 Å². The van der Waals surface area contributed by atoms with Crippen molar-refractivity contribution in [3.63, 3.8) is 0 Å². The highest BCUT2D eigenvalue weighted by Crippen LogP contribution is 2.31. The van der Waals surface area contributed by atoms with Crippen LogP contribution in [0.1, 0.15) is 11.1 Å². The molecule has 4 aromatic rings. The van der Waals surface area contributed by atoms with Crippen molar-refractivity contribution in [2.75, 3.05) is 7.11 Å². The molecule has 0 unspecified atom stereocenters. The molecule has 152 valence electrons. The highest BCUT2D eigenvalue weighted by atomic mass is 32.2. The molecule has 0 saturated heterocycles. The zero-order valence-corrected chi connectivity index (χ0v) is 17.3. The van der Waals surface area contributed by atoms with Crippen LogP contribution in [0.5, 0.6) is 5.75 Å². The first-order chi connectivity index (χ1) is 14.5. The minimum absolute atomic E-state index is 0.434. The summed E-state index contributed by atoms with van der Waals surface area (Å²) < 4.78 is 34.0. The Balaban J connectivity index is 1.72. The van der Waals surface area contributed by atoms with Crippen LogP contribution in [0.4, 0.5) is 8.78 Å². The van der Waals surface area contributed by atoms with E-state index in [2.05, 4.69) is 16.3 Å². The maximum absolute atomic E-state index is 13.6. The summed E-state index contributed by atoms with van der Waals surface area (Å²) in [6, 6.07) is 19.6. The lowest BCUT2D eigenvalue weighted by molar-refractivity contribution is 0.415. The van der Waals surface area contributed by atoms with Crippen LogP contribution in [-0.4, -0.2) is 21.9 Å². The van der Waals surface area contributed by atoms with Gasteiger partial charge in [-0.1, -0.05) is 30.0 Å². The lowest BCUT2D eigenvalue weighted by Crippen LogP contribution is -2.00. The van der Waals surface area contributed by atoms with Gasteiger partial charge in [0.2, 0.25) is 0 Å². The lowest BCUT2D eigenvalue weighted by atomic mass is 10.2. The Labute approximate surface area is 177 Å². The first-order valence-corrected chi connectivity index (χ1v) is 10.3. The molecule has 0 atom stereocenters. The highest BCUT2D eigenvalue weighted by Gasteiger charge is 2.17. The van der Waals surface area contributed by atoms with Crippen LogP contribution in [0.15, 0.2) is 71.9 Å². The average Bonchev–Trinajstić information content (AvgIpc) is 3.18. The molecule has 0 aliphatic carbocycles. The fraction of sp³-hybridized carbons (Fsp3) is 0.130. The predicted octanol–water partition coefficient (Wildman–Crippen LogP) is 5.82. The number of rotatable bonds is 6. The van der Waals surface area contributed by atoms with E-state index in [0.717, 1.165) is 28.6 Å². The molecule has 0 bridgehead atoms. The lowest BCUT2D eigenvalue weighted by Gasteiger charge is -2.11. The predicted molar refractivity (Wildman–Crippen MR) is 114 cm³/mol. The maximum Gasteiger partial charge on any atom is 0.196 e. The number of aryl methyl sites for hydroxylation is 1. The highest BCUT2D eigenvalue weighted by molar-refractivity contribution is 7.98. The van der Waals surface area contributed by atoms with Gasteiger partial charge in [0.25, 0.3) is 0 Å². The van der Waals surface area contributed by atoms with E-state index in [1.807, 2.05) is 54.0 Å². The minimum Gasteiger partial charge on any atom is -0.497 e. The average molecular weight is 423 g/mol. The van der Waals surface area contributed by atoms with Crippen molar-refractivity contribution in [1.29, 1.82) is 0 Å². The summed E-state index contributed by atoms with van der Waals surface area (Å²) in [6.07, 6.45) is 0. The van der Waals surface area contributed by atoms with E-state index >= 15 is 0 Å². The van der Waals surface area contributed by atoms with Gasteiger partial charge in [0.05, 0.1) is 7.11 Å². The molecule has 4 nitrogen and oxygen atoms in total. The number of halogens is 2. The standard InChI is InChI=1S/C23H19F2N3OS/c1-15-4-3-5-18(12-15)28-22(17-7-9-19(29-2)10-8-17)26-27-23(28)30-14-16-6-11-20(24)21(25)13-16/h3-13H,14H2,1-2H3. The van der Waals surface area contributed by atoms with E-state index in [1.54, 1.807) is 13.2 Å². The Morgan fingerprint density at radius 3 is 2.43 bits per heavy atom. The molecule has 3 aromatic carbocycles. The zero-order valence-electron chi connectivity index (χ0n) is 16.5. The van der Waals surface area contributed by atoms with Crippen molar-refractivity contribution in [3.8, 4) is 22.8 Å². The van der Waals surface area contributed by atoms with Crippen molar-refractivity contribution >= 4 is 11.8 Å². The van der Waals surface area contributed by atoms with E-state index < -0.39 is 11.6 Å². The van der Waals surface area contributed by atoms with Gasteiger partial charge >= 0.3 is 0 Å². The van der Waals surface area contributed by atoms with Crippen LogP contribution >= 0.6 is 11.8 Å². The fourth-order valence-electron chi connectivity index (χ4n) is 3.07. The van der Waals surface area contributed by atoms with Crippen LogP contribution in [0, 0.1) is 18.6 Å². The third-order valence-electron chi connectivity index (χ3n) is 4.59. The number of hydrogen-bond acceptors (Lipinski definition) is 4. The molecule has 30 heavy (non-hydrogen) atoms. The number of aromatic nitrogens is 3. The quantitative estimate of drug-likeness (QED) is 0.366. The molecule has 1 aromatic heterocycles. The summed E-state index contributed by atoms with van der Waals surface area (Å²) in [5.41, 5.74) is 3.60. The van der Waals surface area contributed by atoms with Gasteiger partial charge in [-0.2, -0.15) is 0 Å². The Morgan fingerprint density at radius 2 is 1.73 bits per heavy atom. The number of ether oxygens (including phenoxy) is 1. The molecular formula is C23H19F2N3OS. The Hall–Kier alpha value is -3.19. The van der Waals surface area contributed by atoms with Gasteiger partial charge in [0, 0.05) is 17.0 Å². The van der Waals surface area contributed by atoms with Gasteiger partial charge in [-0.15, -0.1) is 10.2 Å². The van der Waals surface area contributed by atoms with Crippen molar-refractivity contribution in [1.82, 2.24) is 14.8 Å². The third kappa shape index (κ3) is 4.21. The summed E-state index contributed by atoms with van der Waals surface area (Å²) in [7, 11) is 1.62. The summed E-state index contributed by atoms with van der Waals surface area (Å²) >= 11 is 1.41. The molecular weight excluding hydrogens is 404 g/mol. The van der Waals surface area contributed by atoms with Crippen LogP contribution in [-0.2, 0) is 5.75 Å². The van der Waals surface area contributed by atoms with Crippen LogP contribution in [0.2, 0.25) is 0 Å². The monoisotopic (exact) mass is 423 g/mol. The molecule has 0 aliphatic heterocycles. The Bertz CT molecular complexity index is 1180. The first kappa shape index (κ1) is 20.1. The van der Waals surface area contributed by atoms with Crippen LogP contribution < -0.4 is 4.74 Å². The van der Waals surface area contributed by atoms with Gasteiger partial charge in [-0.3, -0.25) is 4.57 Å². The molecule has 0 fully saturated rings. The zero-order chi connectivity index (χ0) is 21.1. The molecule has 4 rings (SSSR count). The van der Waals surface area contributed by atoms with E-state index in [9.17, 15) is 8.78 Å². The smallest absolute Gasteiger partial charge is 0.196 e. The normalized spacial score (nSPS) is 10.9. The van der Waals surface area contributed by atoms with Gasteiger partial charge in [-0.05, 0) is 66.6 Å². The third-order valence-corrected chi connectivity index (χ3v) is 5.59. The second-order valence-electron chi connectivity index (χ2n) is 6.75. The number of benzene rings is 3. The fourth-order valence-corrected chi connectivity index (χ4v) is 3.96. The molecule has 1 heterocycles. The summed E-state index contributed by atoms with van der Waals surface area (Å²) in [5, 5.41) is 9.45. The van der Waals surface area contributed by atoms with E-state index in [4.69, 9.17) is 4.74 Å². The molecule has 0 radical (unpaired) electrons. The Kier molecular flexibility index (Phi) is 5.81. The van der Waals surface area contributed by atoms with Gasteiger partial charge in [0.15, 0.2) is 22.6 Å². The molecule has 0 N–H and O–H groups in total. The topological polar surface area (TPSA) is 39.9 Å². The first-order valence-electron chi connectivity index (χ1n) is 9.29. The van der Waals surface area contributed by atoms with Crippen LogP contribution in [0.25, 0.3) is 17.1 Å². The molecule has 7 heteroatoms. The van der Waals surface area contributed by atoms with Crippen LogP contribution in [0.3, 0.4) is 0 Å². The van der Waals surface area contributed by atoms with Crippen molar-refractivity contribution < 1.29 is 13.5 Å². The number of thioether (sulfide) groups is 1. The second kappa shape index (κ2) is 8.67. The second-order valence-corrected chi connectivity index (χ2v) is 7.69. The Morgan fingerprint density at radius 1 is 0.933 bits per heavy atom. The summed E-state index contributed by atoms with van der Waals surface area (Å²) in [5.74, 6) is 0.175. The van der Waals surface area contributed by atoms with E-state index in [0.29, 0.717) is 22.3 Å². The molecule has 0 amide bonds. The maximum atomic E-state index is 13.6. The molecule has 0 spiro atoms. The van der Waals surface area contributed by atoms with E-state index in [-0.39, 0.29) is 0 Å². The number of nitrogens with zero attached hydrogens (tertiary/aromatic N) is 3. The van der Waals surface area contributed by atoms with Gasteiger partial charge in [0.1, 0.15) is 5.75 Å². The van der Waals surface area contributed by atoms with Crippen molar-refractivity contribution in [2.45, 2.75) is 17.8 Å². The summed E-state index contributed by atoms with van der Waals surface area (Å²) in [4.78, 5) is 0. The largest absolute Gasteiger partial charge is 0.497 e. The molecule has 0 aliphatic rings. The number of hydrogen-bond donors (Lipinski definition) is 0. The SMILES string of the molecule is COc1ccc(-c2nnc(SCc3ccc(F)c(F)c3)n2-c2cccc(C)c2)cc1.